The number of alkyl halides is 3. The summed E-state index contributed by atoms with van der Waals surface area (Å²) >= 11 is 0. The van der Waals surface area contributed by atoms with Gasteiger partial charge in [0.25, 0.3) is 0 Å². The number of carbonyl (C=O) groups excluding carboxylic acids is 2. The first-order chi connectivity index (χ1) is 21.5. The highest BCUT2D eigenvalue weighted by Gasteiger charge is 2.37. The average molecular weight is 626 g/mol. The molecule has 1 aliphatic carbocycles. The van der Waals surface area contributed by atoms with Crippen LogP contribution in [-0.2, 0) is 22.1 Å². The number of esters is 1. The van der Waals surface area contributed by atoms with Crippen molar-refractivity contribution in [2.75, 3.05) is 17.7 Å². The molecule has 5 rings (SSSR count). The van der Waals surface area contributed by atoms with Crippen molar-refractivity contribution in [2.45, 2.75) is 82.6 Å². The molecule has 3 N–H and O–H groups in total. The Balaban J connectivity index is 1.35. The zero-order valence-corrected chi connectivity index (χ0v) is 25.5. The van der Waals surface area contributed by atoms with Crippen LogP contribution in [0.4, 0.5) is 28.9 Å². The van der Waals surface area contributed by atoms with E-state index in [1.807, 2.05) is 24.3 Å². The van der Waals surface area contributed by atoms with E-state index in [1.165, 1.54) is 57.2 Å². The molecule has 3 unspecified atom stereocenters. The van der Waals surface area contributed by atoms with E-state index in [9.17, 15) is 27.2 Å². The molecule has 1 saturated heterocycles. The predicted molar refractivity (Wildman–Crippen MR) is 166 cm³/mol. The van der Waals surface area contributed by atoms with Gasteiger partial charge in [0.05, 0.1) is 24.2 Å². The summed E-state index contributed by atoms with van der Waals surface area (Å²) in [6, 6.07) is 16.0. The van der Waals surface area contributed by atoms with Gasteiger partial charge < -0.3 is 20.7 Å². The lowest BCUT2D eigenvalue weighted by atomic mass is 9.81. The lowest BCUT2D eigenvalue weighted by Gasteiger charge is -2.37. The number of ether oxygens (including phenoxy) is 1. The van der Waals surface area contributed by atoms with Gasteiger partial charge in [-0.1, -0.05) is 37.1 Å². The Hall–Kier alpha value is -3.92. The largest absolute Gasteiger partial charge is 0.465 e. The first kappa shape index (κ1) is 32.5. The summed E-state index contributed by atoms with van der Waals surface area (Å²) in [5.74, 6) is -2.03. The number of halogens is 4. The molecule has 0 spiro atoms. The van der Waals surface area contributed by atoms with Crippen molar-refractivity contribution in [2.24, 2.45) is 5.92 Å². The number of piperidine rings is 1. The van der Waals surface area contributed by atoms with Gasteiger partial charge in [0.2, 0.25) is 5.91 Å². The number of hydrogen-bond acceptors (Lipinski definition) is 5. The Morgan fingerprint density at radius 2 is 1.67 bits per heavy atom. The van der Waals surface area contributed by atoms with Crippen LogP contribution in [0.5, 0.6) is 0 Å². The van der Waals surface area contributed by atoms with Crippen LogP contribution < -0.4 is 16.0 Å². The maximum Gasteiger partial charge on any atom is 0.416 e. The van der Waals surface area contributed by atoms with Crippen LogP contribution in [0.1, 0.15) is 83.6 Å². The molecule has 1 heterocycles. The third-order valence-corrected chi connectivity index (χ3v) is 9.05. The number of benzene rings is 3. The number of aryl methyl sites for hydroxylation is 1. The lowest BCUT2D eigenvalue weighted by Crippen LogP contribution is -2.46. The Morgan fingerprint density at radius 3 is 2.36 bits per heavy atom. The van der Waals surface area contributed by atoms with Crippen LogP contribution >= 0.6 is 0 Å². The summed E-state index contributed by atoms with van der Waals surface area (Å²) in [6.45, 7) is 1.39. The van der Waals surface area contributed by atoms with E-state index in [1.54, 1.807) is 0 Å². The SMILES string of the molecule is COC(=O)c1cccc(F)c1CCC1CCC(C(=O)Nc2ccc(C)c(C(F)(F)F)c2)C(c2ccc(NC3CCCC3)cc2)N1. The molecular weight excluding hydrogens is 586 g/mol. The summed E-state index contributed by atoms with van der Waals surface area (Å²) in [4.78, 5) is 25.9. The summed E-state index contributed by atoms with van der Waals surface area (Å²) in [5, 5.41) is 9.87. The van der Waals surface area contributed by atoms with Gasteiger partial charge >= 0.3 is 12.1 Å². The van der Waals surface area contributed by atoms with Crippen molar-refractivity contribution in [1.82, 2.24) is 5.32 Å². The fourth-order valence-electron chi connectivity index (χ4n) is 6.60. The van der Waals surface area contributed by atoms with Crippen LogP contribution in [0.3, 0.4) is 0 Å². The Morgan fingerprint density at radius 1 is 0.956 bits per heavy atom. The molecule has 3 aromatic rings. The molecule has 1 aliphatic heterocycles. The molecule has 1 saturated carbocycles. The summed E-state index contributed by atoms with van der Waals surface area (Å²) in [6.07, 6.45) is 1.98. The van der Waals surface area contributed by atoms with Gasteiger partial charge in [-0.05, 0) is 93.0 Å². The van der Waals surface area contributed by atoms with Crippen LogP contribution in [0, 0.1) is 18.7 Å². The van der Waals surface area contributed by atoms with Gasteiger partial charge in [-0.3, -0.25) is 4.79 Å². The van der Waals surface area contributed by atoms with Crippen LogP contribution in [0.2, 0.25) is 0 Å². The average Bonchev–Trinajstić information content (AvgIpc) is 3.53. The van der Waals surface area contributed by atoms with Crippen molar-refractivity contribution in [3.05, 3.63) is 94.3 Å². The second-order valence-corrected chi connectivity index (χ2v) is 12.1. The molecule has 3 atom stereocenters. The number of anilines is 2. The highest BCUT2D eigenvalue weighted by atomic mass is 19.4. The van der Waals surface area contributed by atoms with Crippen LogP contribution in [-0.4, -0.2) is 31.1 Å². The van der Waals surface area contributed by atoms with E-state index in [2.05, 4.69) is 16.0 Å². The maximum absolute atomic E-state index is 14.8. The fourth-order valence-corrected chi connectivity index (χ4v) is 6.60. The monoisotopic (exact) mass is 625 g/mol. The number of carbonyl (C=O) groups is 2. The van der Waals surface area contributed by atoms with Crippen molar-refractivity contribution >= 4 is 23.3 Å². The Labute approximate surface area is 260 Å². The molecule has 2 aliphatic rings. The van der Waals surface area contributed by atoms with Gasteiger partial charge in [-0.15, -0.1) is 0 Å². The second kappa shape index (κ2) is 14.0. The zero-order valence-electron chi connectivity index (χ0n) is 25.5. The van der Waals surface area contributed by atoms with Crippen molar-refractivity contribution in [1.29, 1.82) is 0 Å². The Bertz CT molecular complexity index is 1500. The first-order valence-corrected chi connectivity index (χ1v) is 15.5. The third-order valence-electron chi connectivity index (χ3n) is 9.05. The number of methoxy groups -OCH3 is 1. The van der Waals surface area contributed by atoms with Crippen LogP contribution in [0.15, 0.2) is 60.7 Å². The number of amides is 1. The molecule has 45 heavy (non-hydrogen) atoms. The van der Waals surface area contributed by atoms with Crippen molar-refractivity contribution in [3.8, 4) is 0 Å². The molecule has 0 aromatic heterocycles. The van der Waals surface area contributed by atoms with E-state index >= 15 is 0 Å². The van der Waals surface area contributed by atoms with E-state index in [0.717, 1.165) is 30.2 Å². The minimum Gasteiger partial charge on any atom is -0.465 e. The van der Waals surface area contributed by atoms with E-state index in [4.69, 9.17) is 4.74 Å². The minimum absolute atomic E-state index is 0.0806. The molecule has 240 valence electrons. The predicted octanol–water partition coefficient (Wildman–Crippen LogP) is 7.97. The second-order valence-electron chi connectivity index (χ2n) is 12.1. The quantitative estimate of drug-likeness (QED) is 0.166. The molecular formula is C35H39F4N3O3. The van der Waals surface area contributed by atoms with Gasteiger partial charge in [0.1, 0.15) is 5.82 Å². The van der Waals surface area contributed by atoms with Crippen molar-refractivity contribution in [3.63, 3.8) is 0 Å². The smallest absolute Gasteiger partial charge is 0.416 e. The Kier molecular flexibility index (Phi) is 10.1. The highest BCUT2D eigenvalue weighted by molar-refractivity contribution is 5.93. The maximum atomic E-state index is 14.8. The number of nitrogens with one attached hydrogen (secondary N) is 3. The topological polar surface area (TPSA) is 79.5 Å². The van der Waals surface area contributed by atoms with Gasteiger partial charge in [-0.2, -0.15) is 13.2 Å². The summed E-state index contributed by atoms with van der Waals surface area (Å²) in [5.41, 5.74) is 1.71. The molecule has 0 bridgehead atoms. The number of hydrogen-bond donors (Lipinski definition) is 3. The highest BCUT2D eigenvalue weighted by Crippen LogP contribution is 2.37. The molecule has 0 radical (unpaired) electrons. The van der Waals surface area contributed by atoms with Gasteiger partial charge in [0.15, 0.2) is 0 Å². The van der Waals surface area contributed by atoms with E-state index < -0.39 is 35.5 Å². The minimum atomic E-state index is -4.53. The molecule has 3 aromatic carbocycles. The van der Waals surface area contributed by atoms with Crippen LogP contribution in [0.25, 0.3) is 0 Å². The third kappa shape index (κ3) is 7.84. The summed E-state index contributed by atoms with van der Waals surface area (Å²) in [7, 11) is 1.25. The molecule has 10 heteroatoms. The van der Waals surface area contributed by atoms with Gasteiger partial charge in [-0.25, -0.2) is 9.18 Å². The molecule has 6 nitrogen and oxygen atoms in total. The standard InChI is InChI=1S/C35H39F4N3O3/c1-21-10-13-26(20-30(21)35(37,38)39)42-33(43)29-19-17-25(16-18-27-28(34(44)45-2)8-5-9-31(27)36)41-32(29)22-11-14-24(15-12-22)40-23-6-3-4-7-23/h5,8-15,20,23,25,29,32,40-41H,3-4,6-7,16-19H2,1-2H3,(H,42,43). The summed E-state index contributed by atoms with van der Waals surface area (Å²) < 4.78 is 60.2. The zero-order chi connectivity index (χ0) is 32.1. The molecule has 1 amide bonds. The van der Waals surface area contributed by atoms with Gasteiger partial charge in [0, 0.05) is 35.1 Å². The molecule has 2 fully saturated rings. The van der Waals surface area contributed by atoms with Crippen molar-refractivity contribution < 1.29 is 31.9 Å². The first-order valence-electron chi connectivity index (χ1n) is 15.5. The van der Waals surface area contributed by atoms with E-state index in [-0.39, 0.29) is 40.7 Å². The van der Waals surface area contributed by atoms with E-state index in [0.29, 0.717) is 25.3 Å². The lowest BCUT2D eigenvalue weighted by molar-refractivity contribution is -0.138. The normalized spacial score (nSPS) is 20.5. The fraction of sp³-hybridized carbons (Fsp3) is 0.429. The number of rotatable bonds is 9.